The largest absolute Gasteiger partial charge is 0.486 e. The van der Waals surface area contributed by atoms with Crippen LogP contribution < -0.4 is 4.74 Å². The van der Waals surface area contributed by atoms with Crippen molar-refractivity contribution < 1.29 is 13.9 Å². The lowest BCUT2D eigenvalue weighted by Crippen LogP contribution is -2.01. The molecule has 2 rings (SSSR count). The van der Waals surface area contributed by atoms with Gasteiger partial charge in [-0.3, -0.25) is 4.79 Å². The van der Waals surface area contributed by atoms with Crippen molar-refractivity contribution in [3.63, 3.8) is 0 Å². The number of nitrogens with zero attached hydrogens (tertiary/aromatic N) is 1. The minimum absolute atomic E-state index is 0.0581. The van der Waals surface area contributed by atoms with Crippen LogP contribution in [0.5, 0.6) is 5.75 Å². The lowest BCUT2D eigenvalue weighted by molar-refractivity contribution is 0.101. The topological polar surface area (TPSA) is 50.1 Å². The van der Waals surface area contributed by atoms with E-state index in [2.05, 4.69) is 6.07 Å². The van der Waals surface area contributed by atoms with E-state index in [4.69, 9.17) is 10.00 Å². The first-order valence-electron chi connectivity index (χ1n) is 6.03. The van der Waals surface area contributed by atoms with Crippen LogP contribution in [0, 0.1) is 17.1 Å². The van der Waals surface area contributed by atoms with Gasteiger partial charge in [-0.15, -0.1) is 0 Å². The maximum Gasteiger partial charge on any atom is 0.165 e. The summed E-state index contributed by atoms with van der Waals surface area (Å²) >= 11 is 0. The van der Waals surface area contributed by atoms with Gasteiger partial charge < -0.3 is 4.74 Å². The molecule has 0 saturated heterocycles. The maximum atomic E-state index is 13.8. The summed E-state index contributed by atoms with van der Waals surface area (Å²) in [5.74, 6) is -0.736. The highest BCUT2D eigenvalue weighted by Crippen LogP contribution is 2.20. The summed E-state index contributed by atoms with van der Waals surface area (Å²) in [6, 6.07) is 13.1. The quantitative estimate of drug-likeness (QED) is 0.798. The van der Waals surface area contributed by atoms with Crippen LogP contribution in [-0.4, -0.2) is 5.78 Å². The van der Waals surface area contributed by atoms with Crippen molar-refractivity contribution in [1.29, 1.82) is 5.26 Å². The molecular formula is C16H12FNO2. The number of carbonyl (C=O) groups excluding carboxylic acids is 1. The second kappa shape index (κ2) is 5.98. The molecule has 0 aliphatic heterocycles. The molecule has 0 heterocycles. The minimum atomic E-state index is -0.591. The minimum Gasteiger partial charge on any atom is -0.486 e. The fourth-order valence-electron chi connectivity index (χ4n) is 1.75. The number of Topliss-reactive ketones (excluding diaryl/α,β-unsaturated/α-hetero) is 1. The summed E-state index contributed by atoms with van der Waals surface area (Å²) in [6.07, 6.45) is 0. The molecule has 0 N–H and O–H groups in total. The third-order valence-corrected chi connectivity index (χ3v) is 2.86. The predicted octanol–water partition coefficient (Wildman–Crippen LogP) is 3.48. The summed E-state index contributed by atoms with van der Waals surface area (Å²) in [7, 11) is 0. The van der Waals surface area contributed by atoms with Gasteiger partial charge in [-0.05, 0) is 31.2 Å². The summed E-state index contributed by atoms with van der Waals surface area (Å²) in [5.41, 5.74) is 1.48. The van der Waals surface area contributed by atoms with E-state index in [1.165, 1.54) is 19.1 Å². The first-order chi connectivity index (χ1) is 9.61. The summed E-state index contributed by atoms with van der Waals surface area (Å²) in [4.78, 5) is 11.1. The zero-order valence-corrected chi connectivity index (χ0v) is 10.9. The van der Waals surface area contributed by atoms with Crippen molar-refractivity contribution >= 4 is 5.78 Å². The molecule has 0 saturated carbocycles. The fourth-order valence-corrected chi connectivity index (χ4v) is 1.75. The lowest BCUT2D eigenvalue weighted by atomic mass is 10.1. The van der Waals surface area contributed by atoms with Crippen molar-refractivity contribution in [2.24, 2.45) is 0 Å². The van der Waals surface area contributed by atoms with Crippen molar-refractivity contribution in [3.8, 4) is 11.8 Å². The van der Waals surface area contributed by atoms with Crippen LogP contribution in [0.25, 0.3) is 0 Å². The van der Waals surface area contributed by atoms with E-state index in [0.717, 1.165) is 6.07 Å². The summed E-state index contributed by atoms with van der Waals surface area (Å²) in [5, 5.41) is 8.95. The van der Waals surface area contributed by atoms with Crippen LogP contribution in [0.3, 0.4) is 0 Å². The predicted molar refractivity (Wildman–Crippen MR) is 71.9 cm³/mol. The Morgan fingerprint density at radius 3 is 2.70 bits per heavy atom. The molecule has 3 nitrogen and oxygen atoms in total. The number of rotatable bonds is 4. The molecule has 0 aliphatic carbocycles. The Bertz CT molecular complexity index is 689. The Hall–Kier alpha value is -2.67. The molecule has 0 atom stereocenters. The lowest BCUT2D eigenvalue weighted by Gasteiger charge is -2.09. The Kier molecular flexibility index (Phi) is 4.11. The number of benzene rings is 2. The molecule has 20 heavy (non-hydrogen) atoms. The smallest absolute Gasteiger partial charge is 0.165 e. The number of hydrogen-bond acceptors (Lipinski definition) is 3. The standard InChI is InChI=1S/C16H12FNO2/c1-11(19)12-6-7-16(15(17)8-12)20-10-14-5-3-2-4-13(14)9-18/h2-8H,10H2,1H3. The third-order valence-electron chi connectivity index (χ3n) is 2.86. The first kappa shape index (κ1) is 13.8. The SMILES string of the molecule is CC(=O)c1ccc(OCc2ccccc2C#N)c(F)c1. The molecular weight excluding hydrogens is 257 g/mol. The Balaban J connectivity index is 2.16. The molecule has 0 amide bonds. The second-order valence-electron chi connectivity index (χ2n) is 4.26. The van der Waals surface area contributed by atoms with Crippen molar-refractivity contribution in [3.05, 3.63) is 65.0 Å². The van der Waals surface area contributed by atoms with Gasteiger partial charge in [0, 0.05) is 11.1 Å². The van der Waals surface area contributed by atoms with Crippen molar-refractivity contribution in [1.82, 2.24) is 0 Å². The van der Waals surface area contributed by atoms with E-state index in [0.29, 0.717) is 16.7 Å². The van der Waals surface area contributed by atoms with Gasteiger partial charge in [-0.2, -0.15) is 5.26 Å². The van der Waals surface area contributed by atoms with Crippen molar-refractivity contribution in [2.45, 2.75) is 13.5 Å². The fraction of sp³-hybridized carbons (Fsp3) is 0.125. The highest BCUT2D eigenvalue weighted by Gasteiger charge is 2.08. The zero-order chi connectivity index (χ0) is 14.5. The molecule has 100 valence electrons. The van der Waals surface area contributed by atoms with E-state index in [1.807, 2.05) is 0 Å². The van der Waals surface area contributed by atoms with Crippen LogP contribution in [0.2, 0.25) is 0 Å². The molecule has 0 unspecified atom stereocenters. The van der Waals surface area contributed by atoms with Crippen LogP contribution >= 0.6 is 0 Å². The van der Waals surface area contributed by atoms with Crippen LogP contribution in [0.4, 0.5) is 4.39 Å². The third kappa shape index (κ3) is 3.01. The number of nitriles is 1. The van der Waals surface area contributed by atoms with Gasteiger partial charge in [0.1, 0.15) is 6.61 Å². The summed E-state index contributed by atoms with van der Waals surface area (Å²) in [6.45, 7) is 1.47. The van der Waals surface area contributed by atoms with Crippen LogP contribution in [-0.2, 0) is 6.61 Å². The highest BCUT2D eigenvalue weighted by atomic mass is 19.1. The normalized spacial score (nSPS) is 9.85. The first-order valence-corrected chi connectivity index (χ1v) is 6.03. The van der Waals surface area contributed by atoms with E-state index >= 15 is 0 Å². The molecule has 0 bridgehead atoms. The molecule has 0 radical (unpaired) electrons. The van der Waals surface area contributed by atoms with Gasteiger partial charge in [0.05, 0.1) is 11.6 Å². The molecule has 0 fully saturated rings. The Labute approximate surface area is 116 Å². The molecule has 4 heteroatoms. The molecule has 2 aromatic carbocycles. The number of carbonyl (C=O) groups is 1. The molecule has 2 aromatic rings. The van der Waals surface area contributed by atoms with Crippen LogP contribution in [0.15, 0.2) is 42.5 Å². The Morgan fingerprint density at radius 2 is 2.05 bits per heavy atom. The zero-order valence-electron chi connectivity index (χ0n) is 10.9. The van der Waals surface area contributed by atoms with Gasteiger partial charge >= 0.3 is 0 Å². The molecule has 0 spiro atoms. The van der Waals surface area contributed by atoms with Gasteiger partial charge in [0.2, 0.25) is 0 Å². The van der Waals surface area contributed by atoms with E-state index in [1.54, 1.807) is 24.3 Å². The van der Waals surface area contributed by atoms with E-state index in [9.17, 15) is 9.18 Å². The van der Waals surface area contributed by atoms with Crippen LogP contribution in [0.1, 0.15) is 28.4 Å². The number of ether oxygens (including phenoxy) is 1. The number of ketones is 1. The van der Waals surface area contributed by atoms with E-state index < -0.39 is 5.82 Å². The highest BCUT2D eigenvalue weighted by molar-refractivity contribution is 5.94. The van der Waals surface area contributed by atoms with Gasteiger partial charge in [-0.1, -0.05) is 18.2 Å². The second-order valence-corrected chi connectivity index (χ2v) is 4.26. The number of hydrogen-bond donors (Lipinski definition) is 0. The maximum absolute atomic E-state index is 13.8. The van der Waals surface area contributed by atoms with Gasteiger partial charge in [0.25, 0.3) is 0 Å². The average molecular weight is 269 g/mol. The monoisotopic (exact) mass is 269 g/mol. The Morgan fingerprint density at radius 1 is 1.30 bits per heavy atom. The van der Waals surface area contributed by atoms with Gasteiger partial charge in [0.15, 0.2) is 17.3 Å². The molecule has 0 aliphatic rings. The molecule has 0 aromatic heterocycles. The average Bonchev–Trinajstić information content (AvgIpc) is 2.46. The summed E-state index contributed by atoms with van der Waals surface area (Å²) < 4.78 is 19.1. The number of halogens is 1. The van der Waals surface area contributed by atoms with Crippen molar-refractivity contribution in [2.75, 3.05) is 0 Å². The van der Waals surface area contributed by atoms with E-state index in [-0.39, 0.29) is 18.1 Å². The van der Waals surface area contributed by atoms with Gasteiger partial charge in [-0.25, -0.2) is 4.39 Å².